The molecule has 0 rings (SSSR count). The van der Waals surface area contributed by atoms with Gasteiger partial charge >= 0.3 is 0 Å². The minimum Gasteiger partial charge on any atom is -0.346 e. The number of amides is 1. The molecule has 0 bridgehead atoms. The third kappa shape index (κ3) is 4.96. The standard InChI is InChI=1S/C12H23NO2/c1-6-7-9(4)12(15)13-11(8(2)3)10(5)14/h8-9,11H,6-7H2,1-5H3,(H,13,15)/t9-,11-/m0/s1. The Labute approximate surface area is 92.6 Å². The molecule has 3 heteroatoms. The van der Waals surface area contributed by atoms with Crippen molar-refractivity contribution in [2.75, 3.05) is 0 Å². The van der Waals surface area contributed by atoms with Crippen molar-refractivity contribution in [2.45, 2.75) is 53.5 Å². The van der Waals surface area contributed by atoms with E-state index in [1.807, 2.05) is 20.8 Å². The lowest BCUT2D eigenvalue weighted by Gasteiger charge is -2.21. The van der Waals surface area contributed by atoms with Crippen LogP contribution >= 0.6 is 0 Å². The fourth-order valence-electron chi connectivity index (χ4n) is 1.60. The maximum Gasteiger partial charge on any atom is 0.223 e. The molecule has 0 spiro atoms. The number of hydrogen-bond acceptors (Lipinski definition) is 2. The molecule has 0 radical (unpaired) electrons. The van der Waals surface area contributed by atoms with E-state index in [2.05, 4.69) is 12.2 Å². The maximum absolute atomic E-state index is 11.7. The van der Waals surface area contributed by atoms with Gasteiger partial charge in [-0.1, -0.05) is 34.1 Å². The SMILES string of the molecule is CCC[C@H](C)C(=O)N[C@H](C(C)=O)C(C)C. The van der Waals surface area contributed by atoms with Crippen LogP contribution < -0.4 is 5.32 Å². The number of rotatable bonds is 6. The lowest BCUT2D eigenvalue weighted by molar-refractivity contribution is -0.130. The molecule has 1 amide bonds. The molecule has 0 aromatic carbocycles. The van der Waals surface area contributed by atoms with Gasteiger partial charge in [-0.25, -0.2) is 0 Å². The molecule has 88 valence electrons. The highest BCUT2D eigenvalue weighted by molar-refractivity contribution is 5.88. The zero-order valence-electron chi connectivity index (χ0n) is 10.5. The highest BCUT2D eigenvalue weighted by Gasteiger charge is 2.22. The quantitative estimate of drug-likeness (QED) is 0.735. The van der Waals surface area contributed by atoms with Crippen LogP contribution in [0.1, 0.15) is 47.5 Å². The molecular formula is C12H23NO2. The van der Waals surface area contributed by atoms with E-state index in [1.165, 1.54) is 6.92 Å². The van der Waals surface area contributed by atoms with E-state index in [4.69, 9.17) is 0 Å². The largest absolute Gasteiger partial charge is 0.346 e. The predicted molar refractivity (Wildman–Crippen MR) is 61.5 cm³/mol. The van der Waals surface area contributed by atoms with Gasteiger partial charge in [-0.3, -0.25) is 9.59 Å². The Kier molecular flexibility index (Phi) is 6.21. The Morgan fingerprint density at radius 1 is 1.20 bits per heavy atom. The second kappa shape index (κ2) is 6.59. The van der Waals surface area contributed by atoms with Gasteiger partial charge in [0.25, 0.3) is 0 Å². The second-order valence-corrected chi connectivity index (χ2v) is 4.53. The van der Waals surface area contributed by atoms with Crippen LogP contribution in [0.2, 0.25) is 0 Å². The molecule has 0 aromatic heterocycles. The van der Waals surface area contributed by atoms with E-state index in [-0.39, 0.29) is 29.6 Å². The average Bonchev–Trinajstić information content (AvgIpc) is 2.12. The average molecular weight is 213 g/mol. The third-order valence-corrected chi connectivity index (χ3v) is 2.57. The summed E-state index contributed by atoms with van der Waals surface area (Å²) in [6, 6.07) is -0.336. The molecule has 0 heterocycles. The monoisotopic (exact) mass is 213 g/mol. The molecule has 0 aromatic rings. The third-order valence-electron chi connectivity index (χ3n) is 2.57. The molecule has 1 N–H and O–H groups in total. The van der Waals surface area contributed by atoms with Gasteiger partial charge in [0.05, 0.1) is 6.04 Å². The summed E-state index contributed by atoms with van der Waals surface area (Å²) in [6.07, 6.45) is 1.86. The van der Waals surface area contributed by atoms with Crippen LogP contribution in [0.25, 0.3) is 0 Å². The summed E-state index contributed by atoms with van der Waals surface area (Å²) in [4.78, 5) is 23.0. The van der Waals surface area contributed by atoms with Gasteiger partial charge < -0.3 is 5.32 Å². The van der Waals surface area contributed by atoms with Crippen molar-refractivity contribution in [1.82, 2.24) is 5.32 Å². The van der Waals surface area contributed by atoms with Crippen molar-refractivity contribution in [2.24, 2.45) is 11.8 Å². The highest BCUT2D eigenvalue weighted by atomic mass is 16.2. The molecule has 0 aliphatic carbocycles. The van der Waals surface area contributed by atoms with E-state index in [0.29, 0.717) is 0 Å². The molecule has 15 heavy (non-hydrogen) atoms. The van der Waals surface area contributed by atoms with E-state index in [0.717, 1.165) is 12.8 Å². The molecule has 0 aliphatic rings. The zero-order valence-corrected chi connectivity index (χ0v) is 10.5. The first kappa shape index (κ1) is 14.1. The Bertz CT molecular complexity index is 224. The van der Waals surface area contributed by atoms with Gasteiger partial charge in [0.1, 0.15) is 0 Å². The first-order chi connectivity index (χ1) is 6.90. The van der Waals surface area contributed by atoms with Crippen molar-refractivity contribution >= 4 is 11.7 Å². The van der Waals surface area contributed by atoms with Gasteiger partial charge in [-0.15, -0.1) is 0 Å². The summed E-state index contributed by atoms with van der Waals surface area (Å²) in [5.74, 6) is 0.170. The molecule has 0 saturated heterocycles. The Morgan fingerprint density at radius 2 is 1.73 bits per heavy atom. The fourth-order valence-corrected chi connectivity index (χ4v) is 1.60. The molecule has 2 atom stereocenters. The van der Waals surface area contributed by atoms with Gasteiger partial charge in [-0.2, -0.15) is 0 Å². The number of nitrogens with one attached hydrogen (secondary N) is 1. The van der Waals surface area contributed by atoms with Crippen molar-refractivity contribution in [1.29, 1.82) is 0 Å². The van der Waals surface area contributed by atoms with E-state index < -0.39 is 0 Å². The van der Waals surface area contributed by atoms with Crippen LogP contribution in [0.4, 0.5) is 0 Å². The smallest absolute Gasteiger partial charge is 0.223 e. The van der Waals surface area contributed by atoms with E-state index >= 15 is 0 Å². The summed E-state index contributed by atoms with van der Waals surface area (Å²) >= 11 is 0. The van der Waals surface area contributed by atoms with Crippen LogP contribution in [0, 0.1) is 11.8 Å². The van der Waals surface area contributed by atoms with E-state index in [1.54, 1.807) is 0 Å². The molecule has 3 nitrogen and oxygen atoms in total. The molecule has 0 saturated carbocycles. The van der Waals surface area contributed by atoms with Crippen LogP contribution in [0.3, 0.4) is 0 Å². The molecule has 0 aliphatic heterocycles. The first-order valence-corrected chi connectivity index (χ1v) is 5.71. The number of carbonyl (C=O) groups excluding carboxylic acids is 2. The number of hydrogen-bond donors (Lipinski definition) is 1. The topological polar surface area (TPSA) is 46.2 Å². The summed E-state index contributed by atoms with van der Waals surface area (Å²) in [6.45, 7) is 9.36. The van der Waals surface area contributed by atoms with E-state index in [9.17, 15) is 9.59 Å². The highest BCUT2D eigenvalue weighted by Crippen LogP contribution is 2.08. The Morgan fingerprint density at radius 3 is 2.07 bits per heavy atom. The maximum atomic E-state index is 11.7. The molecular weight excluding hydrogens is 190 g/mol. The van der Waals surface area contributed by atoms with Crippen molar-refractivity contribution in [3.63, 3.8) is 0 Å². The van der Waals surface area contributed by atoms with Crippen LogP contribution in [-0.2, 0) is 9.59 Å². The van der Waals surface area contributed by atoms with Gasteiger partial charge in [-0.05, 0) is 19.3 Å². The second-order valence-electron chi connectivity index (χ2n) is 4.53. The molecule has 0 unspecified atom stereocenters. The van der Waals surface area contributed by atoms with Crippen molar-refractivity contribution < 1.29 is 9.59 Å². The number of Topliss-reactive ketones (excluding diaryl/α,β-unsaturated/α-hetero) is 1. The van der Waals surface area contributed by atoms with Gasteiger partial charge in [0.2, 0.25) is 5.91 Å². The normalized spacial score (nSPS) is 14.8. The van der Waals surface area contributed by atoms with Gasteiger partial charge in [0, 0.05) is 5.92 Å². The summed E-state index contributed by atoms with van der Waals surface area (Å²) < 4.78 is 0. The summed E-state index contributed by atoms with van der Waals surface area (Å²) in [7, 11) is 0. The predicted octanol–water partition coefficient (Wildman–Crippen LogP) is 2.15. The summed E-state index contributed by atoms with van der Waals surface area (Å²) in [5.41, 5.74) is 0. The summed E-state index contributed by atoms with van der Waals surface area (Å²) in [5, 5.41) is 2.81. The van der Waals surface area contributed by atoms with Crippen LogP contribution in [0.5, 0.6) is 0 Å². The lowest BCUT2D eigenvalue weighted by Crippen LogP contribution is -2.45. The van der Waals surface area contributed by atoms with Crippen molar-refractivity contribution in [3.05, 3.63) is 0 Å². The Balaban J connectivity index is 4.29. The van der Waals surface area contributed by atoms with Gasteiger partial charge in [0.15, 0.2) is 5.78 Å². The fraction of sp³-hybridized carbons (Fsp3) is 0.833. The number of carbonyl (C=O) groups is 2. The Hall–Kier alpha value is -0.860. The number of ketones is 1. The molecule has 0 fully saturated rings. The van der Waals surface area contributed by atoms with Crippen molar-refractivity contribution in [3.8, 4) is 0 Å². The van der Waals surface area contributed by atoms with Crippen LogP contribution in [-0.4, -0.2) is 17.7 Å². The minimum absolute atomic E-state index is 0.00407. The zero-order chi connectivity index (χ0) is 12.0. The lowest BCUT2D eigenvalue weighted by atomic mass is 9.98. The minimum atomic E-state index is -0.336. The first-order valence-electron chi connectivity index (χ1n) is 5.71. The van der Waals surface area contributed by atoms with Crippen LogP contribution in [0.15, 0.2) is 0 Å².